The average molecular weight is 429 g/mol. The fraction of sp³-hybridized carbons (Fsp3) is 0.391. The number of rotatable bonds is 12. The highest BCUT2D eigenvalue weighted by Gasteiger charge is 2.18. The van der Waals surface area contributed by atoms with Gasteiger partial charge in [0.1, 0.15) is 0 Å². The number of anilines is 1. The number of hydrogen-bond donors (Lipinski definition) is 0. The van der Waals surface area contributed by atoms with Crippen molar-refractivity contribution in [3.8, 4) is 0 Å². The van der Waals surface area contributed by atoms with Gasteiger partial charge in [0.15, 0.2) is 5.82 Å². The normalized spacial score (nSPS) is 10.9. The number of hydrogen-bond acceptors (Lipinski definition) is 6. The second-order valence-corrected chi connectivity index (χ2v) is 7.00. The summed E-state index contributed by atoms with van der Waals surface area (Å²) in [6.07, 6.45) is 6.03. The molecule has 0 atom stereocenters. The molecular weight excluding hydrogens is 401 g/mol. The van der Waals surface area contributed by atoms with Crippen LogP contribution in [0.25, 0.3) is 6.08 Å². The summed E-state index contributed by atoms with van der Waals surface area (Å²) >= 11 is 0. The van der Waals surface area contributed by atoms with Crippen molar-refractivity contribution in [1.29, 1.82) is 0 Å². The van der Waals surface area contributed by atoms with Crippen molar-refractivity contribution in [2.45, 2.75) is 39.0 Å². The highest BCUT2D eigenvalue weighted by Crippen LogP contribution is 2.21. The van der Waals surface area contributed by atoms with Crippen molar-refractivity contribution in [2.75, 3.05) is 25.2 Å². The predicted octanol–water partition coefficient (Wildman–Crippen LogP) is 4.23. The third-order valence-corrected chi connectivity index (χ3v) is 4.58. The topological polar surface area (TPSA) is 85.5 Å². The third kappa shape index (κ3) is 7.81. The van der Waals surface area contributed by atoms with Gasteiger partial charge in [-0.2, -0.15) is 4.98 Å². The van der Waals surface area contributed by atoms with Gasteiger partial charge in [-0.1, -0.05) is 30.3 Å². The van der Waals surface area contributed by atoms with E-state index in [1.165, 1.54) is 13.2 Å². The predicted molar refractivity (Wildman–Crippen MR) is 116 cm³/mol. The fourth-order valence-corrected chi connectivity index (χ4v) is 2.95. The van der Waals surface area contributed by atoms with E-state index < -0.39 is 12.6 Å². The molecule has 0 aliphatic rings. The van der Waals surface area contributed by atoms with Crippen molar-refractivity contribution >= 4 is 23.6 Å². The van der Waals surface area contributed by atoms with Gasteiger partial charge >= 0.3 is 5.97 Å². The number of methoxy groups -OCH3 is 1. The lowest BCUT2D eigenvalue weighted by atomic mass is 10.1. The van der Waals surface area contributed by atoms with E-state index in [4.69, 9.17) is 4.52 Å². The maximum atomic E-state index is 12.9. The number of halogens is 1. The smallest absolute Gasteiger partial charge is 0.330 e. The summed E-state index contributed by atoms with van der Waals surface area (Å²) in [6, 6.07) is 7.20. The van der Waals surface area contributed by atoms with Crippen LogP contribution in [0.3, 0.4) is 0 Å². The van der Waals surface area contributed by atoms with Gasteiger partial charge in [-0.25, -0.2) is 4.79 Å². The van der Waals surface area contributed by atoms with Crippen LogP contribution in [0.5, 0.6) is 0 Å². The summed E-state index contributed by atoms with van der Waals surface area (Å²) < 4.78 is 22.5. The zero-order valence-electron chi connectivity index (χ0n) is 18.0. The van der Waals surface area contributed by atoms with Crippen molar-refractivity contribution < 1.29 is 23.2 Å². The molecule has 2 rings (SSSR count). The van der Waals surface area contributed by atoms with Crippen molar-refractivity contribution in [3.05, 3.63) is 59.8 Å². The number of alkyl halides is 1. The van der Waals surface area contributed by atoms with E-state index in [9.17, 15) is 14.0 Å². The summed E-state index contributed by atoms with van der Waals surface area (Å²) in [7, 11) is 1.31. The summed E-state index contributed by atoms with van der Waals surface area (Å²) in [5.41, 5.74) is 1.62. The second-order valence-electron chi connectivity index (χ2n) is 7.00. The van der Waals surface area contributed by atoms with Crippen LogP contribution in [-0.4, -0.2) is 42.3 Å². The van der Waals surface area contributed by atoms with E-state index in [2.05, 4.69) is 21.5 Å². The fourth-order valence-electron chi connectivity index (χ4n) is 2.95. The Bertz CT molecular complexity index is 923. The van der Waals surface area contributed by atoms with Crippen LogP contribution in [0.15, 0.2) is 47.0 Å². The maximum Gasteiger partial charge on any atom is 0.330 e. The Balaban J connectivity index is 2.05. The van der Waals surface area contributed by atoms with Crippen molar-refractivity contribution in [1.82, 2.24) is 10.1 Å². The first-order chi connectivity index (χ1) is 14.9. The first kappa shape index (κ1) is 24.0. The number of carbonyl (C=O) groups excluding carboxylic acids is 2. The first-order valence-corrected chi connectivity index (χ1v) is 10.2. The largest absolute Gasteiger partial charge is 0.466 e. The highest BCUT2D eigenvalue weighted by molar-refractivity contribution is 6.05. The number of ether oxygens (including phenoxy) is 1. The highest BCUT2D eigenvalue weighted by atomic mass is 19.1. The lowest BCUT2D eigenvalue weighted by Gasteiger charge is -2.24. The van der Waals surface area contributed by atoms with Gasteiger partial charge in [0.25, 0.3) is 5.91 Å². The number of amides is 1. The number of aryl methyl sites for hydroxylation is 2. The summed E-state index contributed by atoms with van der Waals surface area (Å²) in [4.78, 5) is 30.0. The molecule has 0 unspecified atom stereocenters. The summed E-state index contributed by atoms with van der Waals surface area (Å²) in [6.45, 7) is 5.33. The number of aromatic nitrogens is 2. The van der Waals surface area contributed by atoms with Crippen LogP contribution >= 0.6 is 0 Å². The van der Waals surface area contributed by atoms with E-state index in [-0.39, 0.29) is 17.9 Å². The van der Waals surface area contributed by atoms with Crippen LogP contribution in [0, 0.1) is 6.92 Å². The summed E-state index contributed by atoms with van der Waals surface area (Å²) in [5.74, 6) is 0.441. The van der Waals surface area contributed by atoms with Crippen molar-refractivity contribution in [3.63, 3.8) is 0 Å². The lowest BCUT2D eigenvalue weighted by molar-refractivity contribution is -0.134. The van der Waals surface area contributed by atoms with E-state index >= 15 is 0 Å². The zero-order valence-corrected chi connectivity index (χ0v) is 18.0. The molecule has 166 valence electrons. The number of carbonyl (C=O) groups is 2. The minimum Gasteiger partial charge on any atom is -0.466 e. The molecule has 1 aromatic heterocycles. The maximum absolute atomic E-state index is 12.9. The molecular formula is C23H28FN3O4. The molecule has 2 aromatic rings. The van der Waals surface area contributed by atoms with Gasteiger partial charge in [0.2, 0.25) is 5.89 Å². The minimum atomic E-state index is -0.635. The molecule has 1 heterocycles. The van der Waals surface area contributed by atoms with Crippen LogP contribution in [-0.2, 0) is 20.7 Å². The van der Waals surface area contributed by atoms with E-state index in [1.54, 1.807) is 36.1 Å². The first-order valence-electron chi connectivity index (χ1n) is 10.2. The number of benzene rings is 1. The van der Waals surface area contributed by atoms with Crippen LogP contribution < -0.4 is 4.90 Å². The third-order valence-electron chi connectivity index (χ3n) is 4.58. The number of esters is 1. The summed E-state index contributed by atoms with van der Waals surface area (Å²) in [5, 5.41) is 3.77. The Kier molecular flexibility index (Phi) is 9.61. The molecule has 7 nitrogen and oxygen atoms in total. The molecule has 0 aliphatic heterocycles. The van der Waals surface area contributed by atoms with Gasteiger partial charge in [-0.05, 0) is 43.5 Å². The second kappa shape index (κ2) is 12.4. The van der Waals surface area contributed by atoms with Gasteiger partial charge in [-0.3, -0.25) is 9.18 Å². The van der Waals surface area contributed by atoms with E-state index in [1.807, 2.05) is 6.07 Å². The van der Waals surface area contributed by atoms with Crippen LogP contribution in [0.1, 0.15) is 43.0 Å². The molecule has 0 saturated carbocycles. The molecule has 0 saturated heterocycles. The average Bonchev–Trinajstić information content (AvgIpc) is 3.19. The standard InChI is InChI=1S/C23H28FN3O4/c1-17(13-14-24)23(29)27(15-6-4-5-10-21-25-18(2)26-31-21)20-9-7-8-19(16-20)11-12-22(28)30-3/h7-9,11-12,16H,1,4-6,10,13-15H2,2-3H3/b12-11+. The Morgan fingerprint density at radius 1 is 1.29 bits per heavy atom. The minimum absolute atomic E-state index is 0.00617. The molecule has 0 spiro atoms. The van der Waals surface area contributed by atoms with Gasteiger partial charge in [0, 0.05) is 36.7 Å². The number of nitrogens with zero attached hydrogens (tertiary/aromatic N) is 3. The Morgan fingerprint density at radius 2 is 2.10 bits per heavy atom. The SMILES string of the molecule is C=C(CCF)C(=O)N(CCCCCc1nc(C)no1)c1cccc(/C=C/C(=O)OC)c1. The van der Waals surface area contributed by atoms with Crippen LogP contribution in [0.4, 0.5) is 10.1 Å². The van der Waals surface area contributed by atoms with E-state index in [0.29, 0.717) is 30.4 Å². The number of unbranched alkanes of at least 4 members (excludes halogenated alkanes) is 2. The molecule has 1 aromatic carbocycles. The zero-order chi connectivity index (χ0) is 22.6. The lowest BCUT2D eigenvalue weighted by Crippen LogP contribution is -2.33. The van der Waals surface area contributed by atoms with Crippen molar-refractivity contribution in [2.24, 2.45) is 0 Å². The van der Waals surface area contributed by atoms with Crippen LogP contribution in [0.2, 0.25) is 0 Å². The Morgan fingerprint density at radius 3 is 2.77 bits per heavy atom. The van der Waals surface area contributed by atoms with Gasteiger partial charge < -0.3 is 14.2 Å². The molecule has 8 heteroatoms. The molecule has 0 bridgehead atoms. The van der Waals surface area contributed by atoms with E-state index in [0.717, 1.165) is 24.8 Å². The molecule has 0 aliphatic carbocycles. The Hall–Kier alpha value is -3.29. The van der Waals surface area contributed by atoms with Gasteiger partial charge in [-0.15, -0.1) is 0 Å². The molecule has 31 heavy (non-hydrogen) atoms. The molecule has 0 N–H and O–H groups in total. The van der Waals surface area contributed by atoms with Gasteiger partial charge in [0.05, 0.1) is 13.8 Å². The molecule has 1 amide bonds. The molecule has 0 radical (unpaired) electrons. The Labute approximate surface area is 181 Å². The monoisotopic (exact) mass is 429 g/mol. The molecule has 0 fully saturated rings. The quantitative estimate of drug-likeness (QED) is 0.285.